The van der Waals surface area contributed by atoms with Crippen molar-refractivity contribution < 1.29 is 4.79 Å². The van der Waals surface area contributed by atoms with Crippen LogP contribution in [0, 0.1) is 11.8 Å². The van der Waals surface area contributed by atoms with Crippen molar-refractivity contribution in [1.29, 1.82) is 0 Å². The summed E-state index contributed by atoms with van der Waals surface area (Å²) in [5.41, 5.74) is 1.28. The lowest BCUT2D eigenvalue weighted by atomic mass is 9.92. The van der Waals surface area contributed by atoms with E-state index in [1.165, 1.54) is 5.56 Å². The molecule has 2 aromatic rings. The summed E-state index contributed by atoms with van der Waals surface area (Å²) in [6.45, 7) is 3.83. The molecule has 4 rings (SSSR count). The maximum Gasteiger partial charge on any atom is 0.225 e. The monoisotopic (exact) mass is 356 g/mol. The van der Waals surface area contributed by atoms with Crippen LogP contribution < -0.4 is 4.90 Å². The minimum Gasteiger partial charge on any atom is -0.343 e. The molecule has 2 saturated heterocycles. The zero-order chi connectivity index (χ0) is 17.1. The van der Waals surface area contributed by atoms with Crippen molar-refractivity contribution in [2.45, 2.75) is 25.7 Å². The van der Waals surface area contributed by atoms with Gasteiger partial charge in [0.1, 0.15) is 0 Å². The number of anilines is 1. The van der Waals surface area contributed by atoms with Gasteiger partial charge in [-0.2, -0.15) is 11.3 Å². The van der Waals surface area contributed by atoms with Crippen LogP contribution in [0.3, 0.4) is 0 Å². The van der Waals surface area contributed by atoms with Gasteiger partial charge in [-0.1, -0.05) is 0 Å². The molecule has 0 N–H and O–H groups in total. The number of likely N-dealkylation sites (tertiary alicyclic amines) is 1. The average Bonchev–Trinajstić information content (AvgIpc) is 3.27. The Morgan fingerprint density at radius 2 is 1.88 bits per heavy atom. The molecule has 0 saturated carbocycles. The Kier molecular flexibility index (Phi) is 4.97. The van der Waals surface area contributed by atoms with Crippen LogP contribution in [0.5, 0.6) is 0 Å². The molecule has 0 bridgehead atoms. The first-order chi connectivity index (χ1) is 12.3. The number of rotatable bonds is 4. The highest BCUT2D eigenvalue weighted by molar-refractivity contribution is 7.07. The Bertz CT molecular complexity index is 675. The number of aromatic nitrogens is 2. The number of thiophene rings is 1. The third-order valence-corrected chi connectivity index (χ3v) is 6.24. The summed E-state index contributed by atoms with van der Waals surface area (Å²) in [5, 5.41) is 4.22. The third-order valence-electron chi connectivity index (χ3n) is 5.51. The van der Waals surface area contributed by atoms with E-state index >= 15 is 0 Å². The highest BCUT2D eigenvalue weighted by atomic mass is 32.1. The van der Waals surface area contributed by atoms with Crippen molar-refractivity contribution in [2.24, 2.45) is 11.8 Å². The molecular formula is C19H24N4OS. The van der Waals surface area contributed by atoms with Gasteiger partial charge in [-0.05, 0) is 59.6 Å². The SMILES string of the molecule is O=C(CCc1ccsc1)N1CC[C@@H]2CN(c3ncccn3)C[C@@H]2CC1. The van der Waals surface area contributed by atoms with E-state index in [2.05, 4.69) is 36.6 Å². The molecule has 4 heterocycles. The van der Waals surface area contributed by atoms with E-state index < -0.39 is 0 Å². The lowest BCUT2D eigenvalue weighted by Gasteiger charge is -2.22. The average molecular weight is 356 g/mol. The minimum atomic E-state index is 0.314. The second-order valence-corrected chi connectivity index (χ2v) is 7.84. The number of hydrogen-bond acceptors (Lipinski definition) is 5. The van der Waals surface area contributed by atoms with Crippen molar-refractivity contribution in [2.75, 3.05) is 31.1 Å². The van der Waals surface area contributed by atoms with Crippen molar-refractivity contribution in [3.8, 4) is 0 Å². The molecule has 5 nitrogen and oxygen atoms in total. The predicted molar refractivity (Wildman–Crippen MR) is 99.7 cm³/mol. The van der Waals surface area contributed by atoms with Crippen LogP contribution in [0.1, 0.15) is 24.8 Å². The van der Waals surface area contributed by atoms with Crippen molar-refractivity contribution >= 4 is 23.2 Å². The van der Waals surface area contributed by atoms with Gasteiger partial charge in [0, 0.05) is 45.0 Å². The standard InChI is InChI=1S/C19H24N4OS/c24-18(3-2-15-6-11-25-14-15)22-9-4-16-12-23(13-17(16)5-10-22)19-20-7-1-8-21-19/h1,6-8,11,14,16-17H,2-5,9-10,12-13H2/t16-,17+. The molecule has 0 aromatic carbocycles. The van der Waals surface area contributed by atoms with Crippen LogP contribution in [-0.2, 0) is 11.2 Å². The molecule has 0 radical (unpaired) electrons. The molecular weight excluding hydrogens is 332 g/mol. The predicted octanol–water partition coefficient (Wildman–Crippen LogP) is 2.85. The van der Waals surface area contributed by atoms with Crippen LogP contribution in [0.4, 0.5) is 5.95 Å². The molecule has 25 heavy (non-hydrogen) atoms. The second-order valence-electron chi connectivity index (χ2n) is 7.06. The molecule has 0 spiro atoms. The van der Waals surface area contributed by atoms with Crippen LogP contribution >= 0.6 is 11.3 Å². The number of carbonyl (C=O) groups is 1. The normalized spacial score (nSPS) is 23.4. The number of amides is 1. The minimum absolute atomic E-state index is 0.314. The fourth-order valence-corrected chi connectivity index (χ4v) is 4.76. The van der Waals surface area contributed by atoms with Crippen LogP contribution in [0.15, 0.2) is 35.3 Å². The maximum atomic E-state index is 12.6. The molecule has 132 valence electrons. The van der Waals surface area contributed by atoms with Gasteiger partial charge in [0.05, 0.1) is 0 Å². The third kappa shape index (κ3) is 3.84. The fourth-order valence-electron chi connectivity index (χ4n) is 4.06. The Labute approximate surface area is 152 Å². The van der Waals surface area contributed by atoms with Crippen LogP contribution in [0.2, 0.25) is 0 Å². The first kappa shape index (κ1) is 16.5. The number of aryl methyl sites for hydroxylation is 1. The fraction of sp³-hybridized carbons (Fsp3) is 0.526. The van der Waals surface area contributed by atoms with E-state index in [0.29, 0.717) is 24.2 Å². The summed E-state index contributed by atoms with van der Waals surface area (Å²) in [6, 6.07) is 3.97. The smallest absolute Gasteiger partial charge is 0.225 e. The van der Waals surface area contributed by atoms with E-state index in [1.54, 1.807) is 11.3 Å². The summed E-state index contributed by atoms with van der Waals surface area (Å²) < 4.78 is 0. The van der Waals surface area contributed by atoms with Gasteiger partial charge < -0.3 is 9.80 Å². The molecule has 2 aromatic heterocycles. The Morgan fingerprint density at radius 3 is 2.52 bits per heavy atom. The quantitative estimate of drug-likeness (QED) is 0.845. The van der Waals surface area contributed by atoms with E-state index in [9.17, 15) is 4.79 Å². The van der Waals surface area contributed by atoms with Crippen LogP contribution in [-0.4, -0.2) is 47.0 Å². The van der Waals surface area contributed by atoms with E-state index in [1.807, 2.05) is 18.5 Å². The molecule has 6 heteroatoms. The molecule has 0 unspecified atom stereocenters. The molecule has 2 aliphatic heterocycles. The van der Waals surface area contributed by atoms with E-state index in [-0.39, 0.29) is 0 Å². The van der Waals surface area contributed by atoms with Gasteiger partial charge in [-0.3, -0.25) is 4.79 Å². The van der Waals surface area contributed by atoms with Gasteiger partial charge in [-0.15, -0.1) is 0 Å². The van der Waals surface area contributed by atoms with Crippen molar-refractivity contribution in [3.05, 3.63) is 40.8 Å². The summed E-state index contributed by atoms with van der Waals surface area (Å²) in [4.78, 5) is 25.7. The molecule has 2 atom stereocenters. The number of hydrogen-bond donors (Lipinski definition) is 0. The lowest BCUT2D eigenvalue weighted by molar-refractivity contribution is -0.131. The Balaban J connectivity index is 1.30. The number of fused-ring (bicyclic) bond motifs is 1. The second kappa shape index (κ2) is 7.52. The highest BCUT2D eigenvalue weighted by Gasteiger charge is 2.36. The summed E-state index contributed by atoms with van der Waals surface area (Å²) in [5.74, 6) is 2.46. The van der Waals surface area contributed by atoms with E-state index in [4.69, 9.17) is 0 Å². The number of carbonyl (C=O) groups excluding carboxylic acids is 1. The van der Waals surface area contributed by atoms with Gasteiger partial charge in [0.15, 0.2) is 0 Å². The first-order valence-corrected chi connectivity index (χ1v) is 10.0. The van der Waals surface area contributed by atoms with Crippen LogP contribution in [0.25, 0.3) is 0 Å². The summed E-state index contributed by atoms with van der Waals surface area (Å²) in [6.07, 6.45) is 7.31. The summed E-state index contributed by atoms with van der Waals surface area (Å²) >= 11 is 1.70. The first-order valence-electron chi connectivity index (χ1n) is 9.10. The molecule has 1 amide bonds. The number of nitrogens with zero attached hydrogens (tertiary/aromatic N) is 4. The van der Waals surface area contributed by atoms with Gasteiger partial charge in [0.2, 0.25) is 11.9 Å². The van der Waals surface area contributed by atoms with Crippen molar-refractivity contribution in [3.63, 3.8) is 0 Å². The zero-order valence-electron chi connectivity index (χ0n) is 14.4. The largest absolute Gasteiger partial charge is 0.343 e. The maximum absolute atomic E-state index is 12.6. The van der Waals surface area contributed by atoms with E-state index in [0.717, 1.165) is 51.4 Å². The Morgan fingerprint density at radius 1 is 1.16 bits per heavy atom. The highest BCUT2D eigenvalue weighted by Crippen LogP contribution is 2.33. The van der Waals surface area contributed by atoms with Crippen molar-refractivity contribution in [1.82, 2.24) is 14.9 Å². The van der Waals surface area contributed by atoms with Gasteiger partial charge in [-0.25, -0.2) is 9.97 Å². The zero-order valence-corrected chi connectivity index (χ0v) is 15.2. The Hall–Kier alpha value is -1.95. The lowest BCUT2D eigenvalue weighted by Crippen LogP contribution is -2.33. The van der Waals surface area contributed by atoms with Gasteiger partial charge in [0.25, 0.3) is 0 Å². The molecule has 0 aliphatic carbocycles. The van der Waals surface area contributed by atoms with Gasteiger partial charge >= 0.3 is 0 Å². The topological polar surface area (TPSA) is 49.3 Å². The summed E-state index contributed by atoms with van der Waals surface area (Å²) in [7, 11) is 0. The molecule has 2 fully saturated rings. The molecule has 2 aliphatic rings.